The maximum Gasteiger partial charge on any atom is 0.268 e. The summed E-state index contributed by atoms with van der Waals surface area (Å²) in [7, 11) is 1.23. The highest BCUT2D eigenvalue weighted by Gasteiger charge is 2.23. The van der Waals surface area contributed by atoms with Gasteiger partial charge in [-0.05, 0) is 70.6 Å². The van der Waals surface area contributed by atoms with Crippen molar-refractivity contribution in [1.29, 1.82) is 0 Å². The maximum atomic E-state index is 12.8. The minimum absolute atomic E-state index is 0.0103. The molecule has 8 nitrogen and oxygen atoms in total. The van der Waals surface area contributed by atoms with Crippen molar-refractivity contribution >= 4 is 13.7 Å². The minimum atomic E-state index is -4.60. The Morgan fingerprint density at radius 2 is 1.02 bits per heavy atom. The SMILES string of the molecule is CCCCCC/C=C/CC/C=C/CC/C=C/C(O)C(COP(=O)([O-])OCC[N+](C)(C)C)NC(=O)CCCCCCCCCCC/C=C\CCCCCCCC. The molecule has 0 heterocycles. The Hall–Kier alpha value is -1.54. The quantitative estimate of drug-likeness (QED) is 0.0277. The Kier molecular flexibility index (Phi) is 36.9. The Bertz CT molecular complexity index is 1040. The number of allylic oxidation sites excluding steroid dienone is 7. The van der Waals surface area contributed by atoms with Gasteiger partial charge in [0, 0.05) is 6.42 Å². The van der Waals surface area contributed by atoms with E-state index in [0.29, 0.717) is 17.4 Å². The van der Waals surface area contributed by atoms with Crippen molar-refractivity contribution in [2.75, 3.05) is 40.9 Å². The van der Waals surface area contributed by atoms with Crippen LogP contribution in [0.25, 0.3) is 0 Å². The smallest absolute Gasteiger partial charge is 0.268 e. The number of phosphoric acid groups is 1. The molecule has 0 aromatic heterocycles. The van der Waals surface area contributed by atoms with E-state index in [4.69, 9.17) is 9.05 Å². The standard InChI is InChI=1S/C46H87N2O6P/c1-6-8-10-12-14-16-18-20-22-23-24-25-26-28-30-32-34-36-38-40-46(50)47-44(43-54-55(51,52)53-42-41-48(3,4)5)45(49)39-37-35-33-31-29-27-21-19-17-15-13-11-9-7-2/h17,19-20,22,29,31,37,39,44-45,49H,6-16,18,21,23-28,30,32-36,38,40-43H2,1-5H3,(H-,47,50,51,52)/b19-17+,22-20-,31-29+,39-37+. The summed E-state index contributed by atoms with van der Waals surface area (Å²) in [6.07, 6.45) is 47.3. The van der Waals surface area contributed by atoms with Crippen LogP contribution in [0.2, 0.25) is 0 Å². The summed E-state index contributed by atoms with van der Waals surface area (Å²) in [6.45, 7) is 4.58. The van der Waals surface area contributed by atoms with Crippen molar-refractivity contribution in [1.82, 2.24) is 5.32 Å². The Morgan fingerprint density at radius 3 is 1.49 bits per heavy atom. The van der Waals surface area contributed by atoms with E-state index in [0.717, 1.165) is 51.4 Å². The number of hydrogen-bond acceptors (Lipinski definition) is 6. The summed E-state index contributed by atoms with van der Waals surface area (Å²) >= 11 is 0. The molecule has 55 heavy (non-hydrogen) atoms. The van der Waals surface area contributed by atoms with E-state index in [-0.39, 0.29) is 12.5 Å². The third-order valence-electron chi connectivity index (χ3n) is 9.74. The van der Waals surface area contributed by atoms with Gasteiger partial charge in [-0.1, -0.05) is 159 Å². The molecule has 0 fully saturated rings. The second-order valence-electron chi connectivity index (χ2n) is 16.4. The highest BCUT2D eigenvalue weighted by molar-refractivity contribution is 7.45. The first-order valence-electron chi connectivity index (χ1n) is 22.5. The average Bonchev–Trinajstić information content (AvgIpc) is 3.13. The van der Waals surface area contributed by atoms with Gasteiger partial charge in [-0.3, -0.25) is 9.36 Å². The van der Waals surface area contributed by atoms with E-state index >= 15 is 0 Å². The van der Waals surface area contributed by atoms with Crippen LogP contribution < -0.4 is 10.2 Å². The third-order valence-corrected chi connectivity index (χ3v) is 10.7. The number of phosphoric ester groups is 1. The van der Waals surface area contributed by atoms with E-state index in [1.165, 1.54) is 116 Å². The van der Waals surface area contributed by atoms with Gasteiger partial charge in [0.25, 0.3) is 7.82 Å². The van der Waals surface area contributed by atoms with E-state index in [1.54, 1.807) is 6.08 Å². The Labute approximate surface area is 339 Å². The predicted molar refractivity (Wildman–Crippen MR) is 233 cm³/mol. The van der Waals surface area contributed by atoms with Gasteiger partial charge in [0.05, 0.1) is 39.9 Å². The summed E-state index contributed by atoms with van der Waals surface area (Å²) in [4.78, 5) is 25.3. The van der Waals surface area contributed by atoms with Gasteiger partial charge in [-0.25, -0.2) is 0 Å². The number of nitrogens with one attached hydrogen (secondary N) is 1. The average molecular weight is 795 g/mol. The Morgan fingerprint density at radius 1 is 0.618 bits per heavy atom. The van der Waals surface area contributed by atoms with Crippen molar-refractivity contribution in [3.8, 4) is 0 Å². The molecule has 0 aliphatic rings. The molecular weight excluding hydrogens is 707 g/mol. The zero-order chi connectivity index (χ0) is 40.7. The van der Waals surface area contributed by atoms with Crippen LogP contribution in [0, 0.1) is 0 Å². The highest BCUT2D eigenvalue weighted by atomic mass is 31.2. The monoisotopic (exact) mass is 795 g/mol. The summed E-state index contributed by atoms with van der Waals surface area (Å²) in [5.74, 6) is -0.216. The van der Waals surface area contributed by atoms with Crippen LogP contribution in [0.4, 0.5) is 0 Å². The van der Waals surface area contributed by atoms with Crippen molar-refractivity contribution in [3.05, 3.63) is 48.6 Å². The molecule has 1 amide bonds. The van der Waals surface area contributed by atoms with Gasteiger partial charge in [-0.2, -0.15) is 0 Å². The number of rotatable bonds is 40. The number of quaternary nitrogens is 1. The number of nitrogens with zero attached hydrogens (tertiary/aromatic N) is 1. The van der Waals surface area contributed by atoms with E-state index < -0.39 is 26.6 Å². The second-order valence-corrected chi connectivity index (χ2v) is 17.8. The molecule has 0 aliphatic heterocycles. The molecule has 0 saturated heterocycles. The number of carbonyl (C=O) groups excluding carboxylic acids is 1. The first-order valence-corrected chi connectivity index (χ1v) is 24.0. The molecule has 9 heteroatoms. The van der Waals surface area contributed by atoms with Gasteiger partial charge >= 0.3 is 0 Å². The van der Waals surface area contributed by atoms with E-state index in [2.05, 4.69) is 55.6 Å². The number of carbonyl (C=O) groups is 1. The highest BCUT2D eigenvalue weighted by Crippen LogP contribution is 2.38. The van der Waals surface area contributed by atoms with Crippen molar-refractivity contribution < 1.29 is 32.9 Å². The minimum Gasteiger partial charge on any atom is -0.756 e. The number of aliphatic hydroxyl groups excluding tert-OH is 1. The van der Waals surface area contributed by atoms with Crippen LogP contribution in [0.3, 0.4) is 0 Å². The Balaban J connectivity index is 4.45. The molecule has 0 radical (unpaired) electrons. The number of unbranched alkanes of at least 4 members (excludes halogenated alkanes) is 21. The molecule has 0 aromatic rings. The maximum absolute atomic E-state index is 12.8. The zero-order valence-electron chi connectivity index (χ0n) is 36.4. The van der Waals surface area contributed by atoms with Crippen LogP contribution in [0.1, 0.15) is 187 Å². The molecule has 0 spiro atoms. The molecule has 322 valence electrons. The predicted octanol–water partition coefficient (Wildman–Crippen LogP) is 11.8. The van der Waals surface area contributed by atoms with Gasteiger partial charge < -0.3 is 28.8 Å². The molecular formula is C46H87N2O6P. The lowest BCUT2D eigenvalue weighted by Crippen LogP contribution is -2.45. The fraction of sp³-hybridized carbons (Fsp3) is 0.804. The first-order chi connectivity index (χ1) is 26.5. The third kappa shape index (κ3) is 40.5. The molecule has 0 saturated carbocycles. The number of aliphatic hydroxyl groups is 1. The van der Waals surface area contributed by atoms with Crippen LogP contribution >= 0.6 is 7.82 Å². The van der Waals surface area contributed by atoms with Gasteiger partial charge in [0.2, 0.25) is 5.91 Å². The van der Waals surface area contributed by atoms with E-state index in [9.17, 15) is 19.4 Å². The molecule has 3 unspecified atom stereocenters. The topological polar surface area (TPSA) is 108 Å². The molecule has 0 bridgehead atoms. The van der Waals surface area contributed by atoms with Crippen LogP contribution in [0.5, 0.6) is 0 Å². The van der Waals surface area contributed by atoms with Crippen molar-refractivity contribution in [2.24, 2.45) is 0 Å². The fourth-order valence-electron chi connectivity index (χ4n) is 6.12. The van der Waals surface area contributed by atoms with Gasteiger partial charge in [0.15, 0.2) is 0 Å². The fourth-order valence-corrected chi connectivity index (χ4v) is 6.84. The number of hydrogen-bond donors (Lipinski definition) is 2. The van der Waals surface area contributed by atoms with Crippen LogP contribution in [0.15, 0.2) is 48.6 Å². The summed E-state index contributed by atoms with van der Waals surface area (Å²) in [5.41, 5.74) is 0. The number of likely N-dealkylation sites (N-methyl/N-ethyl adjacent to an activating group) is 1. The second kappa shape index (κ2) is 38.0. The first kappa shape index (κ1) is 53.5. The molecule has 0 aliphatic carbocycles. The normalized spacial score (nSPS) is 14.8. The van der Waals surface area contributed by atoms with E-state index in [1.807, 2.05) is 27.2 Å². The molecule has 0 rings (SSSR count). The van der Waals surface area contributed by atoms with Gasteiger partial charge in [-0.15, -0.1) is 0 Å². The van der Waals surface area contributed by atoms with Crippen molar-refractivity contribution in [3.63, 3.8) is 0 Å². The van der Waals surface area contributed by atoms with Crippen LogP contribution in [-0.4, -0.2) is 68.5 Å². The summed E-state index contributed by atoms with van der Waals surface area (Å²) in [5, 5.41) is 13.7. The largest absolute Gasteiger partial charge is 0.756 e. The lowest BCUT2D eigenvalue weighted by atomic mass is 10.0. The summed E-state index contributed by atoms with van der Waals surface area (Å²) in [6, 6.07) is -0.909. The molecule has 3 atom stereocenters. The lowest BCUT2D eigenvalue weighted by Gasteiger charge is -2.29. The number of amides is 1. The van der Waals surface area contributed by atoms with Crippen molar-refractivity contribution in [2.45, 2.75) is 199 Å². The van der Waals surface area contributed by atoms with Gasteiger partial charge in [0.1, 0.15) is 13.2 Å². The molecule has 2 N–H and O–H groups in total. The van der Waals surface area contributed by atoms with Crippen LogP contribution in [-0.2, 0) is 18.4 Å². The summed E-state index contributed by atoms with van der Waals surface area (Å²) < 4.78 is 23.2. The zero-order valence-corrected chi connectivity index (χ0v) is 37.3. The lowest BCUT2D eigenvalue weighted by molar-refractivity contribution is -0.870. The molecule has 0 aromatic carbocycles.